The minimum atomic E-state index is -3.51. The number of aliphatic hydroxyl groups is 1. The number of sulfonamides is 1. The van der Waals surface area contributed by atoms with Gasteiger partial charge in [-0.1, -0.05) is 36.5 Å². The predicted molar refractivity (Wildman–Crippen MR) is 85.5 cm³/mol. The van der Waals surface area contributed by atoms with Gasteiger partial charge >= 0.3 is 0 Å². The first kappa shape index (κ1) is 18.0. The fourth-order valence-corrected chi connectivity index (χ4v) is 3.11. The zero-order valence-electron chi connectivity index (χ0n) is 12.0. The highest BCUT2D eigenvalue weighted by molar-refractivity contribution is 7.88. The summed E-state index contributed by atoms with van der Waals surface area (Å²) < 4.78 is 30.3. The quantitative estimate of drug-likeness (QED) is 0.656. The maximum Gasteiger partial charge on any atom is 0.218 e. The number of nitrogens with two attached hydrogens (primary N) is 1. The summed E-state index contributed by atoms with van der Waals surface area (Å²) in [5, 5.41) is 9.59. The van der Waals surface area contributed by atoms with Crippen molar-refractivity contribution >= 4 is 27.2 Å². The number of likely N-dealkylation sites (N-methyl/N-ethyl adjacent to an activating group) is 1. The van der Waals surface area contributed by atoms with Gasteiger partial charge in [-0.2, -0.15) is 0 Å². The van der Waals surface area contributed by atoms with E-state index in [1.807, 2.05) is 0 Å². The molecule has 118 valence electrons. The van der Waals surface area contributed by atoms with Crippen LogP contribution in [-0.4, -0.2) is 56.2 Å². The molecule has 3 N–H and O–H groups in total. The van der Waals surface area contributed by atoms with E-state index in [1.165, 1.54) is 14.2 Å². The van der Waals surface area contributed by atoms with Crippen molar-refractivity contribution in [3.05, 3.63) is 35.4 Å². The summed E-state index contributed by atoms with van der Waals surface area (Å²) in [5.74, 6) is -0.152. The Morgan fingerprint density at radius 3 is 2.48 bits per heavy atom. The Labute approximate surface area is 130 Å². The number of hydrogen-bond acceptors (Lipinski definition) is 5. The highest BCUT2D eigenvalue weighted by atomic mass is 32.2. The van der Waals surface area contributed by atoms with Crippen molar-refractivity contribution in [1.82, 2.24) is 4.31 Å². The normalized spacial score (nSPS) is 13.3. The third kappa shape index (κ3) is 5.68. The van der Waals surface area contributed by atoms with E-state index in [4.69, 9.17) is 22.7 Å². The lowest BCUT2D eigenvalue weighted by molar-refractivity contribution is 0.0554. The van der Waals surface area contributed by atoms with Crippen molar-refractivity contribution in [2.75, 3.05) is 27.3 Å². The van der Waals surface area contributed by atoms with Crippen LogP contribution in [0.1, 0.15) is 11.1 Å². The second-order valence-electron chi connectivity index (χ2n) is 4.71. The van der Waals surface area contributed by atoms with Crippen LogP contribution in [0, 0.1) is 0 Å². The average Bonchev–Trinajstić information content (AvgIpc) is 2.39. The van der Waals surface area contributed by atoms with E-state index in [-0.39, 0.29) is 23.9 Å². The smallest absolute Gasteiger partial charge is 0.218 e. The largest absolute Gasteiger partial charge is 0.389 e. The third-order valence-corrected chi connectivity index (χ3v) is 4.92. The molecule has 1 aromatic carbocycles. The molecule has 0 fully saturated rings. The molecule has 1 unspecified atom stereocenters. The van der Waals surface area contributed by atoms with Crippen LogP contribution in [0.25, 0.3) is 0 Å². The van der Waals surface area contributed by atoms with E-state index in [0.717, 1.165) is 4.31 Å². The summed E-state index contributed by atoms with van der Waals surface area (Å²) in [6.07, 6.45) is -0.855. The summed E-state index contributed by atoms with van der Waals surface area (Å²) in [4.78, 5) is 0.268. The van der Waals surface area contributed by atoms with Crippen molar-refractivity contribution in [3.63, 3.8) is 0 Å². The lowest BCUT2D eigenvalue weighted by Gasteiger charge is -2.20. The van der Waals surface area contributed by atoms with Crippen LogP contribution >= 0.6 is 12.2 Å². The molecule has 21 heavy (non-hydrogen) atoms. The molecule has 0 spiro atoms. The molecule has 0 aliphatic carbocycles. The summed E-state index contributed by atoms with van der Waals surface area (Å²) >= 11 is 4.84. The number of aliphatic hydroxyl groups excluding tert-OH is 1. The lowest BCUT2D eigenvalue weighted by Crippen LogP contribution is -2.36. The molecule has 6 nitrogen and oxygen atoms in total. The Hall–Kier alpha value is -1.06. The second-order valence-corrected chi connectivity index (χ2v) is 7.22. The van der Waals surface area contributed by atoms with Crippen molar-refractivity contribution in [3.8, 4) is 0 Å². The number of methoxy groups -OCH3 is 1. The summed E-state index contributed by atoms with van der Waals surface area (Å²) in [7, 11) is -0.632. The van der Waals surface area contributed by atoms with Crippen LogP contribution in [-0.2, 0) is 20.5 Å². The monoisotopic (exact) mass is 332 g/mol. The minimum Gasteiger partial charge on any atom is -0.389 e. The number of rotatable bonds is 8. The predicted octanol–water partition coefficient (Wildman–Crippen LogP) is 0.0897. The van der Waals surface area contributed by atoms with Crippen molar-refractivity contribution in [2.24, 2.45) is 5.73 Å². The molecule has 0 aliphatic rings. The van der Waals surface area contributed by atoms with Gasteiger partial charge in [-0.15, -0.1) is 0 Å². The maximum absolute atomic E-state index is 12.2. The molecule has 1 aromatic rings. The highest BCUT2D eigenvalue weighted by Crippen LogP contribution is 2.11. The Morgan fingerprint density at radius 1 is 1.43 bits per heavy atom. The van der Waals surface area contributed by atoms with E-state index in [2.05, 4.69) is 0 Å². The van der Waals surface area contributed by atoms with Gasteiger partial charge < -0.3 is 15.6 Å². The first-order valence-electron chi connectivity index (χ1n) is 6.26. The molecule has 1 rings (SSSR count). The maximum atomic E-state index is 12.2. The fraction of sp³-hybridized carbons (Fsp3) is 0.462. The molecule has 0 saturated carbocycles. The Balaban J connectivity index is 2.73. The van der Waals surface area contributed by atoms with E-state index >= 15 is 0 Å². The summed E-state index contributed by atoms with van der Waals surface area (Å²) in [6, 6.07) is 6.72. The first-order valence-corrected chi connectivity index (χ1v) is 8.27. The van der Waals surface area contributed by atoms with Gasteiger partial charge in [0, 0.05) is 26.3 Å². The molecule has 0 heterocycles. The van der Waals surface area contributed by atoms with Crippen LogP contribution < -0.4 is 5.73 Å². The van der Waals surface area contributed by atoms with Gasteiger partial charge in [0.05, 0.1) is 18.5 Å². The number of benzene rings is 1. The topological polar surface area (TPSA) is 92.9 Å². The van der Waals surface area contributed by atoms with E-state index < -0.39 is 16.1 Å². The van der Waals surface area contributed by atoms with Gasteiger partial charge in [-0.25, -0.2) is 12.7 Å². The molecule has 0 aromatic heterocycles. The SMILES string of the molecule is COCC(O)CN(C)S(=O)(=O)Cc1ccc(C(N)=S)cc1. The Morgan fingerprint density at radius 2 is 2.00 bits per heavy atom. The van der Waals surface area contributed by atoms with Gasteiger partial charge in [0.25, 0.3) is 0 Å². The van der Waals surface area contributed by atoms with Gasteiger partial charge in [0.2, 0.25) is 10.0 Å². The van der Waals surface area contributed by atoms with Crippen molar-refractivity contribution < 1.29 is 18.3 Å². The van der Waals surface area contributed by atoms with Crippen molar-refractivity contribution in [2.45, 2.75) is 11.9 Å². The van der Waals surface area contributed by atoms with Crippen LogP contribution in [0.5, 0.6) is 0 Å². The zero-order chi connectivity index (χ0) is 16.0. The number of hydrogen-bond donors (Lipinski definition) is 2. The molecular formula is C13H20N2O4S2. The number of nitrogens with zero attached hydrogens (tertiary/aromatic N) is 1. The minimum absolute atomic E-state index is 0.0128. The summed E-state index contributed by atoms with van der Waals surface area (Å²) in [6.45, 7) is 0.0731. The molecule has 8 heteroatoms. The van der Waals surface area contributed by atoms with Crippen LogP contribution in [0.15, 0.2) is 24.3 Å². The molecule has 0 bridgehead atoms. The molecule has 0 saturated heterocycles. The lowest BCUT2D eigenvalue weighted by atomic mass is 10.1. The van der Waals surface area contributed by atoms with E-state index in [0.29, 0.717) is 11.1 Å². The van der Waals surface area contributed by atoms with Crippen LogP contribution in [0.2, 0.25) is 0 Å². The molecule has 0 radical (unpaired) electrons. The van der Waals surface area contributed by atoms with Gasteiger partial charge in [-0.3, -0.25) is 0 Å². The van der Waals surface area contributed by atoms with E-state index in [9.17, 15) is 13.5 Å². The fourth-order valence-electron chi connectivity index (χ4n) is 1.74. The molecular weight excluding hydrogens is 312 g/mol. The number of ether oxygens (including phenoxy) is 1. The molecule has 1 atom stereocenters. The van der Waals surface area contributed by atoms with Gasteiger partial charge in [0.15, 0.2) is 0 Å². The zero-order valence-corrected chi connectivity index (χ0v) is 13.7. The Kier molecular flexibility index (Phi) is 6.69. The van der Waals surface area contributed by atoms with Gasteiger partial charge in [-0.05, 0) is 5.56 Å². The third-order valence-electron chi connectivity index (χ3n) is 2.89. The van der Waals surface area contributed by atoms with Crippen LogP contribution in [0.3, 0.4) is 0 Å². The van der Waals surface area contributed by atoms with Crippen molar-refractivity contribution in [1.29, 1.82) is 0 Å². The first-order chi connectivity index (χ1) is 9.76. The van der Waals surface area contributed by atoms with E-state index in [1.54, 1.807) is 24.3 Å². The Bertz CT molecular complexity index is 572. The number of thiocarbonyl (C=S) groups is 1. The molecule has 0 aliphatic heterocycles. The molecule has 0 amide bonds. The van der Waals surface area contributed by atoms with Gasteiger partial charge in [0.1, 0.15) is 4.99 Å². The highest BCUT2D eigenvalue weighted by Gasteiger charge is 2.21. The van der Waals surface area contributed by atoms with Crippen LogP contribution in [0.4, 0.5) is 0 Å². The average molecular weight is 332 g/mol. The summed E-state index contributed by atoms with van der Waals surface area (Å²) in [5.41, 5.74) is 6.81. The standard InChI is InChI=1S/C13H20N2O4S2/c1-15(7-12(16)8-19-2)21(17,18)9-10-3-5-11(6-4-10)13(14)20/h3-6,12,16H,7-9H2,1-2H3,(H2,14,20). The second kappa shape index (κ2) is 7.81.